The monoisotopic (exact) mass is 262 g/mol. The van der Waals surface area contributed by atoms with Gasteiger partial charge in [0, 0.05) is 12.1 Å². The van der Waals surface area contributed by atoms with Crippen molar-refractivity contribution in [1.29, 1.82) is 5.26 Å². The second-order valence-corrected chi connectivity index (χ2v) is 4.15. The Balaban J connectivity index is 2.10. The molecule has 0 spiro atoms. The van der Waals surface area contributed by atoms with E-state index in [1.807, 2.05) is 6.92 Å². The van der Waals surface area contributed by atoms with Gasteiger partial charge in [0.2, 0.25) is 0 Å². The SMILES string of the molecule is CC(NCc1c(F)cc(C#N)cc1F)c1ccco1. The molecule has 0 saturated heterocycles. The van der Waals surface area contributed by atoms with Crippen molar-refractivity contribution in [3.63, 3.8) is 0 Å². The second kappa shape index (κ2) is 5.63. The molecular formula is C14H12F2N2O. The van der Waals surface area contributed by atoms with Gasteiger partial charge in [-0.15, -0.1) is 0 Å². The number of nitrogens with one attached hydrogen (secondary N) is 1. The lowest BCUT2D eigenvalue weighted by Gasteiger charge is -2.12. The third-order valence-electron chi connectivity index (χ3n) is 2.83. The van der Waals surface area contributed by atoms with Crippen molar-refractivity contribution in [2.45, 2.75) is 19.5 Å². The predicted octanol–water partition coefficient (Wildman–Crippen LogP) is 3.28. The number of halogens is 2. The van der Waals surface area contributed by atoms with Gasteiger partial charge in [0.1, 0.15) is 17.4 Å². The highest BCUT2D eigenvalue weighted by atomic mass is 19.1. The van der Waals surface area contributed by atoms with E-state index in [4.69, 9.17) is 9.68 Å². The quantitative estimate of drug-likeness (QED) is 0.919. The molecule has 0 aliphatic rings. The molecule has 0 fully saturated rings. The van der Waals surface area contributed by atoms with Gasteiger partial charge >= 0.3 is 0 Å². The third kappa shape index (κ3) is 2.98. The average molecular weight is 262 g/mol. The fraction of sp³-hybridized carbons (Fsp3) is 0.214. The van der Waals surface area contributed by atoms with Crippen LogP contribution in [0.25, 0.3) is 0 Å². The first-order valence-electron chi connectivity index (χ1n) is 5.76. The van der Waals surface area contributed by atoms with Gasteiger partial charge in [-0.1, -0.05) is 0 Å². The van der Waals surface area contributed by atoms with E-state index in [2.05, 4.69) is 5.32 Å². The van der Waals surface area contributed by atoms with Gasteiger partial charge in [0.25, 0.3) is 0 Å². The second-order valence-electron chi connectivity index (χ2n) is 4.15. The summed E-state index contributed by atoms with van der Waals surface area (Å²) in [6.07, 6.45) is 1.54. The molecule has 1 unspecified atom stereocenters. The molecule has 0 bridgehead atoms. The zero-order chi connectivity index (χ0) is 13.8. The standard InChI is InChI=1S/C14H12F2N2O/c1-9(14-3-2-4-19-14)18-8-11-12(15)5-10(7-17)6-13(11)16/h2-6,9,18H,8H2,1H3. The molecule has 2 rings (SSSR count). The molecule has 3 nitrogen and oxygen atoms in total. The minimum atomic E-state index is -0.726. The largest absolute Gasteiger partial charge is 0.468 e. The van der Waals surface area contributed by atoms with E-state index < -0.39 is 11.6 Å². The van der Waals surface area contributed by atoms with Crippen LogP contribution >= 0.6 is 0 Å². The van der Waals surface area contributed by atoms with Crippen LogP contribution in [0.2, 0.25) is 0 Å². The predicted molar refractivity (Wildman–Crippen MR) is 65.0 cm³/mol. The number of rotatable bonds is 4. The number of hydrogen-bond acceptors (Lipinski definition) is 3. The Morgan fingerprint density at radius 2 is 2.05 bits per heavy atom. The Morgan fingerprint density at radius 3 is 2.58 bits per heavy atom. The first-order valence-corrected chi connectivity index (χ1v) is 5.76. The first kappa shape index (κ1) is 13.2. The number of benzene rings is 1. The zero-order valence-electron chi connectivity index (χ0n) is 10.3. The summed E-state index contributed by atoms with van der Waals surface area (Å²) in [5.41, 5.74) is -0.116. The minimum absolute atomic E-state index is 0.0191. The molecule has 98 valence electrons. The van der Waals surface area contributed by atoms with E-state index >= 15 is 0 Å². The molecule has 0 aliphatic carbocycles. The van der Waals surface area contributed by atoms with Crippen LogP contribution < -0.4 is 5.32 Å². The summed E-state index contributed by atoms with van der Waals surface area (Å²) in [5.74, 6) is -0.763. The van der Waals surface area contributed by atoms with Crippen molar-refractivity contribution in [1.82, 2.24) is 5.32 Å². The van der Waals surface area contributed by atoms with E-state index in [1.54, 1.807) is 18.2 Å². The van der Waals surface area contributed by atoms with Crippen LogP contribution in [-0.2, 0) is 6.54 Å². The summed E-state index contributed by atoms with van der Waals surface area (Å²) in [5, 5.41) is 11.6. The number of nitriles is 1. The highest BCUT2D eigenvalue weighted by Crippen LogP contribution is 2.17. The van der Waals surface area contributed by atoms with Crippen LogP contribution in [0.3, 0.4) is 0 Å². The van der Waals surface area contributed by atoms with Crippen molar-refractivity contribution >= 4 is 0 Å². The molecule has 0 saturated carbocycles. The van der Waals surface area contributed by atoms with Gasteiger partial charge in [-0.2, -0.15) is 5.26 Å². The maximum Gasteiger partial charge on any atom is 0.131 e. The van der Waals surface area contributed by atoms with Crippen LogP contribution in [0.1, 0.15) is 29.9 Å². The van der Waals surface area contributed by atoms with Crippen molar-refractivity contribution in [3.8, 4) is 6.07 Å². The summed E-state index contributed by atoms with van der Waals surface area (Å²) in [6.45, 7) is 1.85. The van der Waals surface area contributed by atoms with Crippen LogP contribution in [0.4, 0.5) is 8.78 Å². The Bertz CT molecular complexity index is 579. The average Bonchev–Trinajstić information content (AvgIpc) is 2.91. The smallest absolute Gasteiger partial charge is 0.131 e. The number of hydrogen-bond donors (Lipinski definition) is 1. The Morgan fingerprint density at radius 1 is 1.37 bits per heavy atom. The molecular weight excluding hydrogens is 250 g/mol. The van der Waals surface area contributed by atoms with Crippen LogP contribution in [0, 0.1) is 23.0 Å². The normalized spacial score (nSPS) is 12.1. The summed E-state index contributed by atoms with van der Waals surface area (Å²) >= 11 is 0. The molecule has 1 N–H and O–H groups in total. The molecule has 19 heavy (non-hydrogen) atoms. The maximum absolute atomic E-state index is 13.6. The summed E-state index contributed by atoms with van der Waals surface area (Å²) in [4.78, 5) is 0. The highest BCUT2D eigenvalue weighted by Gasteiger charge is 2.13. The van der Waals surface area contributed by atoms with Gasteiger partial charge in [-0.25, -0.2) is 8.78 Å². The van der Waals surface area contributed by atoms with E-state index in [-0.39, 0.29) is 23.7 Å². The maximum atomic E-state index is 13.6. The summed E-state index contributed by atoms with van der Waals surface area (Å²) in [7, 11) is 0. The highest BCUT2D eigenvalue weighted by molar-refractivity contribution is 5.34. The molecule has 2 aromatic rings. The fourth-order valence-electron chi connectivity index (χ4n) is 1.73. The van der Waals surface area contributed by atoms with E-state index in [9.17, 15) is 8.78 Å². The molecule has 0 aliphatic heterocycles. The van der Waals surface area contributed by atoms with Gasteiger partial charge in [0.05, 0.1) is 23.9 Å². The van der Waals surface area contributed by atoms with Crippen molar-refractivity contribution in [2.24, 2.45) is 0 Å². The Labute approximate surface area is 109 Å². The van der Waals surface area contributed by atoms with Crippen molar-refractivity contribution < 1.29 is 13.2 Å². The molecule has 1 atom stereocenters. The fourth-order valence-corrected chi connectivity index (χ4v) is 1.73. The lowest BCUT2D eigenvalue weighted by atomic mass is 10.1. The van der Waals surface area contributed by atoms with Gasteiger partial charge in [-0.05, 0) is 31.2 Å². The Hall–Kier alpha value is -2.19. The van der Waals surface area contributed by atoms with Gasteiger partial charge in [0.15, 0.2) is 0 Å². The summed E-state index contributed by atoms with van der Waals surface area (Å²) in [6, 6.07) is 7.12. The number of nitrogens with zero attached hydrogens (tertiary/aromatic N) is 1. The Kier molecular flexibility index (Phi) is 3.93. The van der Waals surface area contributed by atoms with E-state index in [0.29, 0.717) is 5.76 Å². The van der Waals surface area contributed by atoms with E-state index in [1.165, 1.54) is 6.26 Å². The molecule has 1 heterocycles. The third-order valence-corrected chi connectivity index (χ3v) is 2.83. The van der Waals surface area contributed by atoms with Crippen LogP contribution in [-0.4, -0.2) is 0 Å². The van der Waals surface area contributed by atoms with Crippen LogP contribution in [0.15, 0.2) is 34.9 Å². The first-order chi connectivity index (χ1) is 9.11. The van der Waals surface area contributed by atoms with Gasteiger partial charge < -0.3 is 9.73 Å². The lowest BCUT2D eigenvalue weighted by Crippen LogP contribution is -2.19. The number of furan rings is 1. The summed E-state index contributed by atoms with van der Waals surface area (Å²) < 4.78 is 32.5. The lowest BCUT2D eigenvalue weighted by molar-refractivity contribution is 0.422. The molecule has 0 radical (unpaired) electrons. The molecule has 5 heteroatoms. The van der Waals surface area contributed by atoms with Gasteiger partial charge in [-0.3, -0.25) is 0 Å². The minimum Gasteiger partial charge on any atom is -0.468 e. The zero-order valence-corrected chi connectivity index (χ0v) is 10.3. The molecule has 0 amide bonds. The van der Waals surface area contributed by atoms with E-state index in [0.717, 1.165) is 12.1 Å². The van der Waals surface area contributed by atoms with Crippen LogP contribution in [0.5, 0.6) is 0 Å². The van der Waals surface area contributed by atoms with Crippen molar-refractivity contribution in [3.05, 3.63) is 59.1 Å². The van der Waals surface area contributed by atoms with Crippen molar-refractivity contribution in [2.75, 3.05) is 0 Å². The molecule has 1 aromatic carbocycles. The topological polar surface area (TPSA) is 49.0 Å². The molecule has 1 aromatic heterocycles.